The lowest BCUT2D eigenvalue weighted by molar-refractivity contribution is -0.144. The molecule has 23 heavy (non-hydrogen) atoms. The summed E-state index contributed by atoms with van der Waals surface area (Å²) >= 11 is 0. The molecule has 0 saturated heterocycles. The number of allylic oxidation sites excluding steroid dienone is 5. The van der Waals surface area contributed by atoms with E-state index in [1.807, 2.05) is 13.8 Å². The minimum Gasteiger partial charge on any atom is -0.508 e. The SMILES string of the molecule is CC(=O)C1=C(O)C(O)(C(=O)CC=C(C)C)C(CC=C(C)C)C1=O. The Morgan fingerprint density at radius 1 is 1.09 bits per heavy atom. The molecule has 0 heterocycles. The van der Waals surface area contributed by atoms with Crippen LogP contribution in [0.1, 0.15) is 47.5 Å². The van der Waals surface area contributed by atoms with E-state index in [1.54, 1.807) is 26.0 Å². The Kier molecular flexibility index (Phi) is 5.83. The molecule has 5 heteroatoms. The van der Waals surface area contributed by atoms with E-state index in [0.717, 1.165) is 18.1 Å². The van der Waals surface area contributed by atoms with E-state index in [-0.39, 0.29) is 12.8 Å². The standard InChI is InChI=1S/C18H24O5/c1-10(2)6-8-13-16(21)15(12(5)19)17(22)18(13,23)14(20)9-7-11(3)4/h6-7,13,22-23H,8-9H2,1-5H3. The van der Waals surface area contributed by atoms with E-state index in [1.165, 1.54) is 0 Å². The number of ketones is 3. The highest BCUT2D eigenvalue weighted by molar-refractivity contribution is 6.25. The second-order valence-corrected chi connectivity index (χ2v) is 6.39. The Bertz CT molecular complexity index is 628. The number of hydrogen-bond donors (Lipinski definition) is 2. The van der Waals surface area contributed by atoms with E-state index in [9.17, 15) is 24.6 Å². The third-order valence-corrected chi connectivity index (χ3v) is 3.90. The van der Waals surface area contributed by atoms with Gasteiger partial charge in [-0.1, -0.05) is 23.3 Å². The molecule has 0 amide bonds. The second kappa shape index (κ2) is 7.04. The van der Waals surface area contributed by atoms with E-state index < -0.39 is 40.2 Å². The first-order valence-corrected chi connectivity index (χ1v) is 7.54. The van der Waals surface area contributed by atoms with Gasteiger partial charge in [-0.05, 0) is 41.0 Å². The molecule has 1 aliphatic carbocycles. The summed E-state index contributed by atoms with van der Waals surface area (Å²) in [5, 5.41) is 21.1. The van der Waals surface area contributed by atoms with Gasteiger partial charge in [0.05, 0.1) is 5.92 Å². The van der Waals surface area contributed by atoms with E-state index in [0.29, 0.717) is 0 Å². The van der Waals surface area contributed by atoms with Crippen LogP contribution in [0.2, 0.25) is 0 Å². The Morgan fingerprint density at radius 2 is 1.61 bits per heavy atom. The zero-order valence-electron chi connectivity index (χ0n) is 14.3. The predicted octanol–water partition coefficient (Wildman–Crippen LogP) is 2.60. The van der Waals surface area contributed by atoms with Gasteiger partial charge < -0.3 is 10.2 Å². The summed E-state index contributed by atoms with van der Waals surface area (Å²) in [6.07, 6.45) is 3.28. The van der Waals surface area contributed by atoms with Crippen LogP contribution in [0.5, 0.6) is 0 Å². The molecular formula is C18H24O5. The van der Waals surface area contributed by atoms with Crippen LogP contribution in [0.3, 0.4) is 0 Å². The highest BCUT2D eigenvalue weighted by Crippen LogP contribution is 2.41. The Morgan fingerprint density at radius 3 is 2.04 bits per heavy atom. The van der Waals surface area contributed by atoms with Crippen LogP contribution in [0.15, 0.2) is 34.6 Å². The molecule has 1 rings (SSSR count). The largest absolute Gasteiger partial charge is 0.508 e. The first-order valence-electron chi connectivity index (χ1n) is 7.54. The Labute approximate surface area is 136 Å². The number of aliphatic hydroxyl groups excluding tert-OH is 1. The minimum absolute atomic E-state index is 0.0824. The monoisotopic (exact) mass is 320 g/mol. The van der Waals surface area contributed by atoms with Gasteiger partial charge in [0.1, 0.15) is 11.3 Å². The van der Waals surface area contributed by atoms with Crippen LogP contribution in [0.4, 0.5) is 0 Å². The molecule has 0 aromatic rings. The van der Waals surface area contributed by atoms with Crippen LogP contribution < -0.4 is 0 Å². The first-order chi connectivity index (χ1) is 10.5. The van der Waals surface area contributed by atoms with Crippen LogP contribution in [-0.4, -0.2) is 33.2 Å². The van der Waals surface area contributed by atoms with Crippen molar-refractivity contribution in [2.75, 3.05) is 0 Å². The van der Waals surface area contributed by atoms with Crippen molar-refractivity contribution >= 4 is 17.3 Å². The maximum atomic E-state index is 12.5. The van der Waals surface area contributed by atoms with E-state index >= 15 is 0 Å². The molecule has 0 radical (unpaired) electrons. The lowest BCUT2D eigenvalue weighted by atomic mass is 9.81. The van der Waals surface area contributed by atoms with Gasteiger partial charge in [0.15, 0.2) is 23.0 Å². The van der Waals surface area contributed by atoms with Crippen molar-refractivity contribution in [1.29, 1.82) is 0 Å². The lowest BCUT2D eigenvalue weighted by Gasteiger charge is -2.27. The van der Waals surface area contributed by atoms with Crippen molar-refractivity contribution in [2.45, 2.75) is 53.1 Å². The number of aliphatic hydroxyl groups is 2. The molecule has 0 aliphatic heterocycles. The van der Waals surface area contributed by atoms with Gasteiger partial charge in [-0.3, -0.25) is 14.4 Å². The van der Waals surface area contributed by atoms with Crippen LogP contribution in [0.25, 0.3) is 0 Å². The third-order valence-electron chi connectivity index (χ3n) is 3.90. The normalized spacial score (nSPS) is 23.7. The maximum Gasteiger partial charge on any atom is 0.191 e. The van der Waals surface area contributed by atoms with Gasteiger partial charge in [-0.25, -0.2) is 0 Å². The average Bonchev–Trinajstić information content (AvgIpc) is 2.62. The van der Waals surface area contributed by atoms with Crippen molar-refractivity contribution < 1.29 is 24.6 Å². The zero-order chi connectivity index (χ0) is 17.9. The van der Waals surface area contributed by atoms with Crippen molar-refractivity contribution in [3.63, 3.8) is 0 Å². The van der Waals surface area contributed by atoms with Crippen molar-refractivity contribution in [1.82, 2.24) is 0 Å². The number of carbonyl (C=O) groups excluding carboxylic acids is 3. The summed E-state index contributed by atoms with van der Waals surface area (Å²) in [6, 6.07) is 0. The van der Waals surface area contributed by atoms with Crippen molar-refractivity contribution in [3.05, 3.63) is 34.6 Å². The molecule has 2 N–H and O–H groups in total. The van der Waals surface area contributed by atoms with Crippen molar-refractivity contribution in [2.24, 2.45) is 5.92 Å². The molecule has 0 fully saturated rings. The number of rotatable bonds is 6. The number of carbonyl (C=O) groups is 3. The van der Waals surface area contributed by atoms with Crippen LogP contribution >= 0.6 is 0 Å². The fourth-order valence-electron chi connectivity index (χ4n) is 2.59. The number of Topliss-reactive ketones (excluding diaryl/α,β-unsaturated/α-hetero) is 3. The highest BCUT2D eigenvalue weighted by Gasteiger charge is 2.57. The molecule has 0 saturated carbocycles. The fourth-order valence-corrected chi connectivity index (χ4v) is 2.59. The average molecular weight is 320 g/mol. The molecule has 0 bridgehead atoms. The van der Waals surface area contributed by atoms with Gasteiger partial charge in [-0.15, -0.1) is 0 Å². The van der Waals surface area contributed by atoms with Gasteiger partial charge in [0.25, 0.3) is 0 Å². The van der Waals surface area contributed by atoms with Crippen LogP contribution in [0, 0.1) is 5.92 Å². The second-order valence-electron chi connectivity index (χ2n) is 6.39. The molecule has 2 atom stereocenters. The smallest absolute Gasteiger partial charge is 0.191 e. The Balaban J connectivity index is 3.36. The van der Waals surface area contributed by atoms with E-state index in [4.69, 9.17) is 0 Å². The lowest BCUT2D eigenvalue weighted by Crippen LogP contribution is -2.46. The Hall–Kier alpha value is -2.01. The topological polar surface area (TPSA) is 91.7 Å². The summed E-state index contributed by atoms with van der Waals surface area (Å²) in [4.78, 5) is 36.5. The molecule has 0 spiro atoms. The summed E-state index contributed by atoms with van der Waals surface area (Å²) in [6.45, 7) is 8.38. The highest BCUT2D eigenvalue weighted by atomic mass is 16.3. The summed E-state index contributed by atoms with van der Waals surface area (Å²) in [7, 11) is 0. The fraction of sp³-hybridized carbons (Fsp3) is 0.500. The van der Waals surface area contributed by atoms with Gasteiger partial charge in [-0.2, -0.15) is 0 Å². The van der Waals surface area contributed by atoms with Crippen molar-refractivity contribution in [3.8, 4) is 0 Å². The van der Waals surface area contributed by atoms with E-state index in [2.05, 4.69) is 0 Å². The third kappa shape index (κ3) is 3.67. The molecule has 0 aromatic carbocycles. The molecule has 126 valence electrons. The number of hydrogen-bond acceptors (Lipinski definition) is 5. The van der Waals surface area contributed by atoms with Gasteiger partial charge in [0, 0.05) is 6.42 Å². The zero-order valence-corrected chi connectivity index (χ0v) is 14.3. The van der Waals surface area contributed by atoms with Gasteiger partial charge in [0.2, 0.25) is 0 Å². The summed E-state index contributed by atoms with van der Waals surface area (Å²) < 4.78 is 0. The molecule has 5 nitrogen and oxygen atoms in total. The predicted molar refractivity (Wildman–Crippen MR) is 86.9 cm³/mol. The molecule has 2 unspecified atom stereocenters. The molecular weight excluding hydrogens is 296 g/mol. The summed E-state index contributed by atoms with van der Waals surface area (Å²) in [5.74, 6) is -4.00. The quantitative estimate of drug-likeness (QED) is 0.580. The molecule has 1 aliphatic rings. The first kappa shape index (κ1) is 19.0. The van der Waals surface area contributed by atoms with Gasteiger partial charge >= 0.3 is 0 Å². The minimum atomic E-state index is -2.34. The summed E-state index contributed by atoms with van der Waals surface area (Å²) in [5.41, 5.74) is -1.02. The van der Waals surface area contributed by atoms with Crippen LogP contribution in [-0.2, 0) is 14.4 Å². The maximum absolute atomic E-state index is 12.5. The molecule has 0 aromatic heterocycles.